The van der Waals surface area contributed by atoms with Crippen LogP contribution in [-0.4, -0.2) is 32.9 Å². The maximum Gasteiger partial charge on any atom is 0.407 e. The molecular formula is C18H24ClN5O2. The Balaban J connectivity index is 2.04. The fourth-order valence-electron chi connectivity index (χ4n) is 3.50. The molecule has 0 saturated heterocycles. The number of carbonyl (C=O) groups excluding carboxylic acids is 1. The molecule has 0 spiro atoms. The van der Waals surface area contributed by atoms with E-state index in [-0.39, 0.29) is 0 Å². The van der Waals surface area contributed by atoms with Gasteiger partial charge in [-0.1, -0.05) is 24.6 Å². The first-order chi connectivity index (χ1) is 12.5. The lowest BCUT2D eigenvalue weighted by molar-refractivity contribution is 0.117. The third kappa shape index (κ3) is 3.53. The minimum Gasteiger partial charge on any atom is -0.450 e. The molecule has 2 aromatic rings. The van der Waals surface area contributed by atoms with E-state index >= 15 is 0 Å². The number of hydrogen-bond donors (Lipinski definition) is 1. The van der Waals surface area contributed by atoms with Crippen molar-refractivity contribution in [3.05, 3.63) is 34.6 Å². The van der Waals surface area contributed by atoms with Crippen LogP contribution >= 0.6 is 11.6 Å². The molecule has 3 rings (SSSR count). The molecule has 8 heteroatoms. The number of carbonyl (C=O) groups is 1. The smallest absolute Gasteiger partial charge is 0.407 e. The normalized spacial score (nSPS) is 22.8. The van der Waals surface area contributed by atoms with Gasteiger partial charge in [0.25, 0.3) is 0 Å². The lowest BCUT2D eigenvalue weighted by Gasteiger charge is -2.38. The summed E-state index contributed by atoms with van der Waals surface area (Å²) in [5.41, 5.74) is 1.04. The van der Waals surface area contributed by atoms with Crippen molar-refractivity contribution in [2.24, 2.45) is 5.92 Å². The third-order valence-electron chi connectivity index (χ3n) is 5.11. The van der Waals surface area contributed by atoms with Gasteiger partial charge in [-0.15, -0.1) is 5.10 Å². The van der Waals surface area contributed by atoms with Crippen LogP contribution in [0.1, 0.15) is 50.9 Å². The van der Waals surface area contributed by atoms with Crippen LogP contribution in [0.15, 0.2) is 18.2 Å². The number of ether oxygens (including phenoxy) is 1. The standard InChI is InChI=1S/C18H24ClN5O2/c1-4-26-17(25)20-18(10-8-12(2)9-11-18)16-21-22-23-24(16)15-7-5-6-14(19)13(15)3/h5-7,12H,4,8-11H2,1-3H3,(H,20,25). The fourth-order valence-corrected chi connectivity index (χ4v) is 3.66. The van der Waals surface area contributed by atoms with Crippen molar-refractivity contribution in [3.63, 3.8) is 0 Å². The van der Waals surface area contributed by atoms with Crippen LogP contribution in [0.25, 0.3) is 5.69 Å². The van der Waals surface area contributed by atoms with E-state index in [2.05, 4.69) is 27.8 Å². The quantitative estimate of drug-likeness (QED) is 0.876. The lowest BCUT2D eigenvalue weighted by atomic mass is 9.76. The lowest BCUT2D eigenvalue weighted by Crippen LogP contribution is -2.50. The van der Waals surface area contributed by atoms with Crippen molar-refractivity contribution in [1.82, 2.24) is 25.5 Å². The van der Waals surface area contributed by atoms with Gasteiger partial charge in [0, 0.05) is 5.02 Å². The minimum atomic E-state index is -0.656. The van der Waals surface area contributed by atoms with Crippen molar-refractivity contribution in [1.29, 1.82) is 0 Å². The molecule has 1 aromatic heterocycles. The van der Waals surface area contributed by atoms with Gasteiger partial charge in [-0.05, 0) is 73.6 Å². The topological polar surface area (TPSA) is 81.9 Å². The first kappa shape index (κ1) is 18.6. The summed E-state index contributed by atoms with van der Waals surface area (Å²) in [4.78, 5) is 12.2. The summed E-state index contributed by atoms with van der Waals surface area (Å²) >= 11 is 6.28. The molecule has 0 bridgehead atoms. The first-order valence-electron chi connectivity index (χ1n) is 8.96. The Labute approximate surface area is 158 Å². The molecule has 0 unspecified atom stereocenters. The highest BCUT2D eigenvalue weighted by atomic mass is 35.5. The van der Waals surface area contributed by atoms with Crippen molar-refractivity contribution in [2.45, 2.75) is 52.0 Å². The van der Waals surface area contributed by atoms with E-state index in [0.29, 0.717) is 23.4 Å². The molecule has 1 heterocycles. The van der Waals surface area contributed by atoms with E-state index in [1.54, 1.807) is 11.6 Å². The molecular weight excluding hydrogens is 354 g/mol. The Morgan fingerprint density at radius 1 is 1.42 bits per heavy atom. The highest BCUT2D eigenvalue weighted by molar-refractivity contribution is 6.31. The molecule has 1 saturated carbocycles. The number of amides is 1. The molecule has 1 amide bonds. The van der Waals surface area contributed by atoms with Crippen molar-refractivity contribution in [3.8, 4) is 5.69 Å². The monoisotopic (exact) mass is 377 g/mol. The Kier molecular flexibility index (Phi) is 5.46. The largest absolute Gasteiger partial charge is 0.450 e. The fraction of sp³-hybridized carbons (Fsp3) is 0.556. The number of rotatable bonds is 4. The maximum atomic E-state index is 12.2. The zero-order chi connectivity index (χ0) is 18.7. The van der Waals surface area contributed by atoms with Crippen LogP contribution in [0.2, 0.25) is 5.02 Å². The number of nitrogens with zero attached hydrogens (tertiary/aromatic N) is 4. The van der Waals surface area contributed by atoms with E-state index < -0.39 is 11.6 Å². The maximum absolute atomic E-state index is 12.2. The average Bonchev–Trinajstić information content (AvgIpc) is 3.10. The van der Waals surface area contributed by atoms with Gasteiger partial charge in [-0.2, -0.15) is 4.68 Å². The second-order valence-electron chi connectivity index (χ2n) is 6.91. The number of hydrogen-bond acceptors (Lipinski definition) is 5. The summed E-state index contributed by atoms with van der Waals surface area (Å²) in [5.74, 6) is 1.21. The van der Waals surface area contributed by atoms with E-state index in [4.69, 9.17) is 16.3 Å². The van der Waals surface area contributed by atoms with Crippen LogP contribution in [0, 0.1) is 12.8 Å². The van der Waals surface area contributed by atoms with E-state index in [1.807, 2.05) is 25.1 Å². The second kappa shape index (κ2) is 7.61. The molecule has 140 valence electrons. The number of benzene rings is 1. The van der Waals surface area contributed by atoms with Crippen LogP contribution in [-0.2, 0) is 10.3 Å². The summed E-state index contributed by atoms with van der Waals surface area (Å²) in [5, 5.41) is 16.1. The molecule has 1 fully saturated rings. The number of nitrogens with one attached hydrogen (secondary N) is 1. The van der Waals surface area contributed by atoms with Crippen molar-refractivity contribution in [2.75, 3.05) is 6.61 Å². The molecule has 0 radical (unpaired) electrons. The Bertz CT molecular complexity index is 784. The summed E-state index contributed by atoms with van der Waals surface area (Å²) < 4.78 is 6.82. The summed E-state index contributed by atoms with van der Waals surface area (Å²) in [6, 6.07) is 5.62. The molecule has 0 atom stereocenters. The minimum absolute atomic E-state index is 0.316. The van der Waals surface area contributed by atoms with Crippen LogP contribution in [0.3, 0.4) is 0 Å². The summed E-state index contributed by atoms with van der Waals surface area (Å²) in [6.07, 6.45) is 3.03. The molecule has 7 nitrogen and oxygen atoms in total. The van der Waals surface area contributed by atoms with Gasteiger partial charge in [-0.3, -0.25) is 0 Å². The summed E-state index contributed by atoms with van der Waals surface area (Å²) in [6.45, 7) is 6.25. The van der Waals surface area contributed by atoms with Gasteiger partial charge < -0.3 is 10.1 Å². The highest BCUT2D eigenvalue weighted by Crippen LogP contribution is 2.39. The third-order valence-corrected chi connectivity index (χ3v) is 5.52. The van der Waals surface area contributed by atoms with Crippen LogP contribution in [0.4, 0.5) is 4.79 Å². The predicted octanol–water partition coefficient (Wildman–Crippen LogP) is 3.78. The van der Waals surface area contributed by atoms with Gasteiger partial charge in [-0.25, -0.2) is 4.79 Å². The van der Waals surface area contributed by atoms with Crippen molar-refractivity contribution >= 4 is 17.7 Å². The Morgan fingerprint density at radius 3 is 2.85 bits per heavy atom. The van der Waals surface area contributed by atoms with Crippen molar-refractivity contribution < 1.29 is 9.53 Å². The predicted molar refractivity (Wildman–Crippen MR) is 98.4 cm³/mol. The molecule has 1 aliphatic rings. The number of tetrazole rings is 1. The highest BCUT2D eigenvalue weighted by Gasteiger charge is 2.42. The van der Waals surface area contributed by atoms with E-state index in [1.165, 1.54) is 0 Å². The first-order valence-corrected chi connectivity index (χ1v) is 9.34. The molecule has 1 aromatic carbocycles. The number of aromatic nitrogens is 4. The SMILES string of the molecule is CCOC(=O)NC1(c2nnnn2-c2cccc(Cl)c2C)CCC(C)CC1. The van der Waals surface area contributed by atoms with Gasteiger partial charge in [0.15, 0.2) is 5.82 Å². The van der Waals surface area contributed by atoms with Gasteiger partial charge >= 0.3 is 6.09 Å². The van der Waals surface area contributed by atoms with Crippen LogP contribution in [0.5, 0.6) is 0 Å². The zero-order valence-electron chi connectivity index (χ0n) is 15.3. The van der Waals surface area contributed by atoms with E-state index in [0.717, 1.165) is 36.9 Å². The summed E-state index contributed by atoms with van der Waals surface area (Å²) in [7, 11) is 0. The number of alkyl carbamates (subject to hydrolysis) is 1. The van der Waals surface area contributed by atoms with Gasteiger partial charge in [0.05, 0.1) is 12.3 Å². The Hall–Kier alpha value is -2.15. The zero-order valence-corrected chi connectivity index (χ0v) is 16.1. The van der Waals surface area contributed by atoms with Gasteiger partial charge in [0.2, 0.25) is 0 Å². The van der Waals surface area contributed by atoms with E-state index in [9.17, 15) is 4.79 Å². The molecule has 1 aliphatic carbocycles. The molecule has 26 heavy (non-hydrogen) atoms. The van der Waals surface area contributed by atoms with Crippen LogP contribution < -0.4 is 5.32 Å². The second-order valence-corrected chi connectivity index (χ2v) is 7.32. The Morgan fingerprint density at radius 2 is 2.15 bits per heavy atom. The number of halogens is 1. The molecule has 1 N–H and O–H groups in total. The average molecular weight is 378 g/mol. The van der Waals surface area contributed by atoms with Gasteiger partial charge in [0.1, 0.15) is 5.54 Å². The molecule has 0 aliphatic heterocycles.